The molecule has 0 amide bonds. The Hall–Kier alpha value is -1.42. The van der Waals surface area contributed by atoms with Gasteiger partial charge in [0.25, 0.3) is 0 Å². The van der Waals surface area contributed by atoms with Gasteiger partial charge in [-0.3, -0.25) is 9.59 Å². The van der Waals surface area contributed by atoms with Crippen molar-refractivity contribution < 1.29 is 19.8 Å². The molecule has 1 rings (SSSR count). The Kier molecular flexibility index (Phi) is 11.2. The van der Waals surface area contributed by atoms with Crippen LogP contribution in [-0.2, 0) is 9.59 Å². The van der Waals surface area contributed by atoms with Crippen LogP contribution in [0.4, 0.5) is 0 Å². The molecule has 0 aromatic heterocycles. The molecule has 2 N–H and O–H groups in total. The molecule has 148 valence electrons. The van der Waals surface area contributed by atoms with Crippen molar-refractivity contribution in [3.63, 3.8) is 0 Å². The number of aliphatic hydroxyl groups is 1. The first-order valence-corrected chi connectivity index (χ1v) is 10.2. The first-order valence-electron chi connectivity index (χ1n) is 10.2. The number of unbranched alkanes of at least 4 members (excludes halogenated alkanes) is 2. The van der Waals surface area contributed by atoms with E-state index in [0.717, 1.165) is 38.5 Å². The van der Waals surface area contributed by atoms with Gasteiger partial charge < -0.3 is 10.2 Å². The first-order chi connectivity index (χ1) is 12.5. The number of carbonyl (C=O) groups excluding carboxylic acids is 1. The van der Waals surface area contributed by atoms with Crippen LogP contribution in [0.15, 0.2) is 24.3 Å². The number of aliphatic carboxylic acids is 1. The molecule has 1 saturated carbocycles. The standard InChI is InChI=1S/C22H36O4/c1-3-5-10-17(4-2)20(23)15-13-18-14-16-21(24)19(18)11-8-6-7-9-12-22(25)26/h6,8,13,15,17-20,23H,3-5,7,9-12,14,16H2,1-2H3,(H,25,26)/b8-6+,15-13+. The Bertz CT molecular complexity index is 481. The molecule has 0 aromatic rings. The number of allylic oxidation sites excluding steroid dienone is 3. The lowest BCUT2D eigenvalue weighted by Gasteiger charge is -2.19. The summed E-state index contributed by atoms with van der Waals surface area (Å²) in [7, 11) is 0. The summed E-state index contributed by atoms with van der Waals surface area (Å²) in [5.74, 6) is 0.0603. The lowest BCUT2D eigenvalue weighted by Crippen LogP contribution is -2.18. The van der Waals surface area contributed by atoms with Gasteiger partial charge >= 0.3 is 5.97 Å². The van der Waals surface area contributed by atoms with Crippen molar-refractivity contribution in [2.45, 2.75) is 84.2 Å². The summed E-state index contributed by atoms with van der Waals surface area (Å²) < 4.78 is 0. The number of ketones is 1. The molecule has 0 radical (unpaired) electrons. The lowest BCUT2D eigenvalue weighted by molar-refractivity contribution is -0.137. The zero-order valence-electron chi connectivity index (χ0n) is 16.4. The monoisotopic (exact) mass is 364 g/mol. The van der Waals surface area contributed by atoms with Gasteiger partial charge in [-0.2, -0.15) is 0 Å². The fourth-order valence-electron chi connectivity index (χ4n) is 3.70. The molecule has 0 aliphatic heterocycles. The number of carboxylic acid groups (broad SMARTS) is 1. The van der Waals surface area contributed by atoms with Gasteiger partial charge in [-0.1, -0.05) is 57.4 Å². The average molecular weight is 365 g/mol. The maximum absolute atomic E-state index is 12.2. The van der Waals surface area contributed by atoms with Gasteiger partial charge in [0.15, 0.2) is 0 Å². The van der Waals surface area contributed by atoms with Gasteiger partial charge in [0.1, 0.15) is 5.78 Å². The Morgan fingerprint density at radius 1 is 1.27 bits per heavy atom. The highest BCUT2D eigenvalue weighted by atomic mass is 16.4. The van der Waals surface area contributed by atoms with Crippen LogP contribution >= 0.6 is 0 Å². The number of carbonyl (C=O) groups is 2. The summed E-state index contributed by atoms with van der Waals surface area (Å²) in [6.07, 6.45) is 15.6. The second-order valence-electron chi connectivity index (χ2n) is 7.45. The molecule has 0 aromatic carbocycles. The van der Waals surface area contributed by atoms with Crippen LogP contribution in [0.5, 0.6) is 0 Å². The van der Waals surface area contributed by atoms with Crippen LogP contribution in [-0.4, -0.2) is 28.1 Å². The zero-order valence-corrected chi connectivity index (χ0v) is 16.4. The molecule has 4 atom stereocenters. The fraction of sp³-hybridized carbons (Fsp3) is 0.727. The third-order valence-corrected chi connectivity index (χ3v) is 5.46. The van der Waals surface area contributed by atoms with E-state index in [2.05, 4.69) is 19.9 Å². The van der Waals surface area contributed by atoms with E-state index in [-0.39, 0.29) is 18.3 Å². The Morgan fingerprint density at radius 2 is 2.04 bits per heavy atom. The highest BCUT2D eigenvalue weighted by molar-refractivity contribution is 5.83. The molecule has 4 nitrogen and oxygen atoms in total. The molecular weight excluding hydrogens is 328 g/mol. The van der Waals surface area contributed by atoms with Crippen molar-refractivity contribution in [1.29, 1.82) is 0 Å². The van der Waals surface area contributed by atoms with E-state index in [4.69, 9.17) is 5.11 Å². The average Bonchev–Trinajstić information content (AvgIpc) is 2.96. The van der Waals surface area contributed by atoms with Gasteiger partial charge in [0, 0.05) is 18.8 Å². The van der Waals surface area contributed by atoms with E-state index in [0.29, 0.717) is 31.0 Å². The second kappa shape index (κ2) is 12.9. The molecule has 1 aliphatic rings. The topological polar surface area (TPSA) is 74.6 Å². The molecule has 4 heteroatoms. The number of Topliss-reactive ketones (excluding diaryl/α,β-unsaturated/α-hetero) is 1. The van der Waals surface area contributed by atoms with Crippen molar-refractivity contribution in [2.24, 2.45) is 17.8 Å². The molecule has 1 aliphatic carbocycles. The summed E-state index contributed by atoms with van der Waals surface area (Å²) in [6.45, 7) is 4.29. The van der Waals surface area contributed by atoms with E-state index in [9.17, 15) is 14.7 Å². The molecular formula is C22H36O4. The quantitative estimate of drug-likeness (QED) is 0.359. The van der Waals surface area contributed by atoms with Crippen molar-refractivity contribution in [1.82, 2.24) is 0 Å². The summed E-state index contributed by atoms with van der Waals surface area (Å²) in [6, 6.07) is 0. The largest absolute Gasteiger partial charge is 0.481 e. The predicted molar refractivity (Wildman–Crippen MR) is 105 cm³/mol. The van der Waals surface area contributed by atoms with E-state index in [1.165, 1.54) is 0 Å². The Balaban J connectivity index is 2.49. The van der Waals surface area contributed by atoms with Crippen molar-refractivity contribution in [3.05, 3.63) is 24.3 Å². The smallest absolute Gasteiger partial charge is 0.303 e. The number of hydrogen-bond acceptors (Lipinski definition) is 3. The predicted octanol–water partition coefficient (Wildman–Crippen LogP) is 4.92. The van der Waals surface area contributed by atoms with E-state index in [1.807, 2.05) is 18.2 Å². The van der Waals surface area contributed by atoms with Gasteiger partial charge in [0.05, 0.1) is 6.10 Å². The highest BCUT2D eigenvalue weighted by Crippen LogP contribution is 2.33. The molecule has 0 bridgehead atoms. The van der Waals surface area contributed by atoms with Crippen LogP contribution in [0.25, 0.3) is 0 Å². The Labute approximate surface area is 158 Å². The second-order valence-corrected chi connectivity index (χ2v) is 7.45. The summed E-state index contributed by atoms with van der Waals surface area (Å²) >= 11 is 0. The molecule has 0 heterocycles. The van der Waals surface area contributed by atoms with E-state index in [1.54, 1.807) is 0 Å². The van der Waals surface area contributed by atoms with Crippen molar-refractivity contribution in [3.8, 4) is 0 Å². The maximum Gasteiger partial charge on any atom is 0.303 e. The van der Waals surface area contributed by atoms with Crippen LogP contribution in [0.1, 0.15) is 78.1 Å². The third-order valence-electron chi connectivity index (χ3n) is 5.46. The fourth-order valence-corrected chi connectivity index (χ4v) is 3.70. The van der Waals surface area contributed by atoms with Gasteiger partial charge in [0.2, 0.25) is 0 Å². The molecule has 0 saturated heterocycles. The lowest BCUT2D eigenvalue weighted by atomic mass is 9.89. The first kappa shape index (κ1) is 22.6. The van der Waals surface area contributed by atoms with Gasteiger partial charge in [-0.25, -0.2) is 0 Å². The molecule has 1 fully saturated rings. The zero-order chi connectivity index (χ0) is 19.4. The number of aliphatic hydroxyl groups excluding tert-OH is 1. The highest BCUT2D eigenvalue weighted by Gasteiger charge is 2.32. The van der Waals surface area contributed by atoms with Crippen LogP contribution < -0.4 is 0 Å². The Morgan fingerprint density at radius 3 is 2.69 bits per heavy atom. The summed E-state index contributed by atoms with van der Waals surface area (Å²) in [4.78, 5) is 22.6. The van der Waals surface area contributed by atoms with Crippen LogP contribution in [0.2, 0.25) is 0 Å². The number of rotatable bonds is 13. The maximum atomic E-state index is 12.2. The van der Waals surface area contributed by atoms with Crippen molar-refractivity contribution >= 4 is 11.8 Å². The van der Waals surface area contributed by atoms with Crippen LogP contribution in [0, 0.1) is 17.8 Å². The molecule has 4 unspecified atom stereocenters. The molecule has 0 spiro atoms. The van der Waals surface area contributed by atoms with E-state index >= 15 is 0 Å². The van der Waals surface area contributed by atoms with Gasteiger partial charge in [-0.05, 0) is 43.9 Å². The van der Waals surface area contributed by atoms with Crippen LogP contribution in [0.3, 0.4) is 0 Å². The molecule has 26 heavy (non-hydrogen) atoms. The minimum atomic E-state index is -0.766. The third kappa shape index (κ3) is 8.31. The van der Waals surface area contributed by atoms with E-state index < -0.39 is 12.1 Å². The summed E-state index contributed by atoms with van der Waals surface area (Å²) in [5.41, 5.74) is 0. The SMILES string of the molecule is CCCCC(CC)C(O)/C=C/C1CCC(=O)C1C/C=C/CCCC(=O)O. The normalized spacial score (nSPS) is 23.1. The number of carboxylic acids is 1. The minimum Gasteiger partial charge on any atom is -0.481 e. The minimum absolute atomic E-state index is 0.00453. The van der Waals surface area contributed by atoms with Gasteiger partial charge in [-0.15, -0.1) is 0 Å². The summed E-state index contributed by atoms with van der Waals surface area (Å²) in [5, 5.41) is 19.1. The van der Waals surface area contributed by atoms with Crippen molar-refractivity contribution in [2.75, 3.05) is 0 Å². The number of hydrogen-bond donors (Lipinski definition) is 2.